The van der Waals surface area contributed by atoms with Gasteiger partial charge in [0, 0.05) is 10.8 Å². The number of ketones is 2. The molecule has 0 aromatic carbocycles. The SMILES string of the molecule is CC(=O)C(C)(CC(C)C)C(C)C.CC(=O)C(C)(CC(C)C)C(C)C. The molecule has 0 aliphatic heterocycles. The van der Waals surface area contributed by atoms with Gasteiger partial charge in [-0.2, -0.15) is 0 Å². The molecule has 0 heterocycles. The first-order chi connectivity index (χ1) is 10.6. The van der Waals surface area contributed by atoms with Crippen LogP contribution in [0.15, 0.2) is 0 Å². The van der Waals surface area contributed by atoms with Gasteiger partial charge in [-0.05, 0) is 50.4 Å². The van der Waals surface area contributed by atoms with E-state index in [0.29, 0.717) is 35.2 Å². The van der Waals surface area contributed by atoms with Gasteiger partial charge in [0.15, 0.2) is 0 Å². The van der Waals surface area contributed by atoms with Gasteiger partial charge >= 0.3 is 0 Å². The molecule has 0 aromatic rings. The van der Waals surface area contributed by atoms with Gasteiger partial charge in [-0.1, -0.05) is 69.2 Å². The Hall–Kier alpha value is -0.660. The fourth-order valence-electron chi connectivity index (χ4n) is 3.27. The summed E-state index contributed by atoms with van der Waals surface area (Å²) in [6.45, 7) is 24.8. The van der Waals surface area contributed by atoms with Gasteiger partial charge in [-0.25, -0.2) is 0 Å². The molecule has 0 aromatic heterocycles. The highest BCUT2D eigenvalue weighted by molar-refractivity contribution is 5.82. The van der Waals surface area contributed by atoms with Gasteiger partial charge in [0.1, 0.15) is 11.6 Å². The number of hydrogen-bond acceptors (Lipinski definition) is 2. The van der Waals surface area contributed by atoms with Crippen LogP contribution in [0.3, 0.4) is 0 Å². The quantitative estimate of drug-likeness (QED) is 0.501. The van der Waals surface area contributed by atoms with E-state index in [4.69, 9.17) is 0 Å². The fraction of sp³-hybridized carbons (Fsp3) is 0.909. The molecule has 24 heavy (non-hydrogen) atoms. The summed E-state index contributed by atoms with van der Waals surface area (Å²) in [5.74, 6) is 2.73. The molecule has 0 saturated heterocycles. The third kappa shape index (κ3) is 7.94. The zero-order valence-corrected chi connectivity index (χ0v) is 18.5. The van der Waals surface area contributed by atoms with Crippen LogP contribution in [0.25, 0.3) is 0 Å². The number of rotatable bonds is 8. The number of Topliss-reactive ketones (excluding diaryl/α,β-unsaturated/α-hetero) is 2. The van der Waals surface area contributed by atoms with Crippen molar-refractivity contribution in [1.29, 1.82) is 0 Å². The highest BCUT2D eigenvalue weighted by atomic mass is 16.1. The lowest BCUT2D eigenvalue weighted by Gasteiger charge is -2.32. The van der Waals surface area contributed by atoms with Gasteiger partial charge in [-0.3, -0.25) is 9.59 Å². The highest BCUT2D eigenvalue weighted by Crippen LogP contribution is 2.35. The van der Waals surface area contributed by atoms with Crippen LogP contribution in [-0.4, -0.2) is 11.6 Å². The molecule has 2 heteroatoms. The summed E-state index contributed by atoms with van der Waals surface area (Å²) in [4.78, 5) is 22.9. The molecule has 0 amide bonds. The van der Waals surface area contributed by atoms with Crippen LogP contribution in [0.2, 0.25) is 0 Å². The summed E-state index contributed by atoms with van der Waals surface area (Å²) in [5, 5.41) is 0. The van der Waals surface area contributed by atoms with Crippen LogP contribution >= 0.6 is 0 Å². The maximum atomic E-state index is 11.4. The van der Waals surface area contributed by atoms with Crippen molar-refractivity contribution >= 4 is 11.6 Å². The Bertz CT molecular complexity index is 355. The minimum absolute atomic E-state index is 0.117. The first-order valence-electron chi connectivity index (χ1n) is 9.63. The van der Waals surface area contributed by atoms with E-state index < -0.39 is 0 Å². The monoisotopic (exact) mass is 340 g/mol. The molecular formula is C22H44O2. The molecule has 0 spiro atoms. The third-order valence-electron chi connectivity index (χ3n) is 5.82. The number of carbonyl (C=O) groups excluding carboxylic acids is 2. The fourth-order valence-corrected chi connectivity index (χ4v) is 3.27. The Morgan fingerprint density at radius 1 is 0.625 bits per heavy atom. The second-order valence-electron chi connectivity index (χ2n) is 9.45. The van der Waals surface area contributed by atoms with Gasteiger partial charge in [0.25, 0.3) is 0 Å². The maximum absolute atomic E-state index is 11.4. The van der Waals surface area contributed by atoms with Gasteiger partial charge in [0.05, 0.1) is 0 Å². The molecule has 0 radical (unpaired) electrons. The van der Waals surface area contributed by atoms with Crippen molar-refractivity contribution in [3.8, 4) is 0 Å². The average Bonchev–Trinajstić information content (AvgIpc) is 2.36. The van der Waals surface area contributed by atoms with Crippen molar-refractivity contribution in [2.24, 2.45) is 34.5 Å². The zero-order chi connectivity index (χ0) is 19.9. The van der Waals surface area contributed by atoms with E-state index in [0.717, 1.165) is 12.8 Å². The van der Waals surface area contributed by atoms with E-state index in [1.807, 2.05) is 0 Å². The molecule has 0 N–H and O–H groups in total. The summed E-state index contributed by atoms with van der Waals surface area (Å²) in [6.07, 6.45) is 2.00. The lowest BCUT2D eigenvalue weighted by atomic mass is 9.71. The molecule has 2 nitrogen and oxygen atoms in total. The smallest absolute Gasteiger partial charge is 0.135 e. The molecule has 0 saturated carbocycles. The second-order valence-corrected chi connectivity index (χ2v) is 9.45. The number of hydrogen-bond donors (Lipinski definition) is 0. The molecular weight excluding hydrogens is 296 g/mol. The Balaban J connectivity index is 0. The maximum Gasteiger partial charge on any atom is 0.135 e. The van der Waals surface area contributed by atoms with Crippen molar-refractivity contribution in [2.75, 3.05) is 0 Å². The van der Waals surface area contributed by atoms with Gasteiger partial charge in [0.2, 0.25) is 0 Å². The van der Waals surface area contributed by atoms with Crippen LogP contribution in [0.4, 0.5) is 0 Å². The standard InChI is InChI=1S/2C11H22O/c2*1-8(2)7-11(6,9(3)4)10(5)12/h2*8-9H,7H2,1-6H3. The van der Waals surface area contributed by atoms with Gasteiger partial charge < -0.3 is 0 Å². The largest absolute Gasteiger partial charge is 0.299 e. The summed E-state index contributed by atoms with van der Waals surface area (Å²) in [6, 6.07) is 0. The zero-order valence-electron chi connectivity index (χ0n) is 18.5. The average molecular weight is 341 g/mol. The van der Waals surface area contributed by atoms with Crippen LogP contribution in [0.1, 0.15) is 95.9 Å². The molecule has 0 fully saturated rings. The number of carbonyl (C=O) groups is 2. The molecule has 0 aliphatic carbocycles. The van der Waals surface area contributed by atoms with Crippen molar-refractivity contribution in [2.45, 2.75) is 95.9 Å². The van der Waals surface area contributed by atoms with Crippen LogP contribution in [-0.2, 0) is 9.59 Å². The first kappa shape index (κ1) is 25.6. The van der Waals surface area contributed by atoms with Crippen molar-refractivity contribution in [3.05, 3.63) is 0 Å². The van der Waals surface area contributed by atoms with Crippen molar-refractivity contribution < 1.29 is 9.59 Å². The molecule has 2 unspecified atom stereocenters. The lowest BCUT2D eigenvalue weighted by molar-refractivity contribution is -0.129. The lowest BCUT2D eigenvalue weighted by Crippen LogP contribution is -2.32. The molecule has 0 rings (SSSR count). The Morgan fingerprint density at radius 2 is 0.833 bits per heavy atom. The van der Waals surface area contributed by atoms with E-state index in [2.05, 4.69) is 69.2 Å². The van der Waals surface area contributed by atoms with E-state index >= 15 is 0 Å². The summed E-state index contributed by atoms with van der Waals surface area (Å²) in [5.41, 5.74) is -0.234. The van der Waals surface area contributed by atoms with Crippen molar-refractivity contribution in [3.63, 3.8) is 0 Å². The minimum atomic E-state index is -0.117. The third-order valence-corrected chi connectivity index (χ3v) is 5.82. The van der Waals surface area contributed by atoms with E-state index in [1.165, 1.54) is 0 Å². The van der Waals surface area contributed by atoms with E-state index in [-0.39, 0.29) is 10.8 Å². The topological polar surface area (TPSA) is 34.1 Å². The highest BCUT2D eigenvalue weighted by Gasteiger charge is 2.34. The van der Waals surface area contributed by atoms with Crippen LogP contribution in [0.5, 0.6) is 0 Å². The molecule has 2 atom stereocenters. The Morgan fingerprint density at radius 3 is 0.875 bits per heavy atom. The van der Waals surface area contributed by atoms with Crippen LogP contribution < -0.4 is 0 Å². The molecule has 144 valence electrons. The molecule has 0 bridgehead atoms. The minimum Gasteiger partial charge on any atom is -0.299 e. The first-order valence-corrected chi connectivity index (χ1v) is 9.63. The second kappa shape index (κ2) is 10.4. The van der Waals surface area contributed by atoms with E-state index in [9.17, 15) is 9.59 Å². The molecule has 0 aliphatic rings. The van der Waals surface area contributed by atoms with Crippen LogP contribution in [0, 0.1) is 34.5 Å². The van der Waals surface area contributed by atoms with E-state index in [1.54, 1.807) is 13.8 Å². The summed E-state index contributed by atoms with van der Waals surface area (Å²) in [7, 11) is 0. The Labute approximate surface area is 152 Å². The summed E-state index contributed by atoms with van der Waals surface area (Å²) < 4.78 is 0. The summed E-state index contributed by atoms with van der Waals surface area (Å²) >= 11 is 0. The predicted octanol–water partition coefficient (Wildman–Crippen LogP) is 6.57. The Kier molecular flexibility index (Phi) is 11.0. The van der Waals surface area contributed by atoms with Crippen molar-refractivity contribution in [1.82, 2.24) is 0 Å². The normalized spacial score (nSPS) is 16.7. The van der Waals surface area contributed by atoms with Gasteiger partial charge in [-0.15, -0.1) is 0 Å². The predicted molar refractivity (Wildman–Crippen MR) is 106 cm³/mol.